The van der Waals surface area contributed by atoms with Gasteiger partial charge in [-0.15, -0.1) is 0 Å². The molecule has 0 saturated heterocycles. The lowest BCUT2D eigenvalue weighted by atomic mass is 9.87. The van der Waals surface area contributed by atoms with Gasteiger partial charge in [0, 0.05) is 38.2 Å². The fraction of sp³-hybridized carbons (Fsp3) is 0.308. The van der Waals surface area contributed by atoms with Crippen LogP contribution in [0.4, 0.5) is 5.69 Å². The first-order valence-electron chi connectivity index (χ1n) is 11.2. The molecule has 1 aromatic heterocycles. The van der Waals surface area contributed by atoms with Crippen LogP contribution in [0.15, 0.2) is 71.8 Å². The van der Waals surface area contributed by atoms with Crippen molar-refractivity contribution in [2.24, 2.45) is 0 Å². The molecule has 2 aromatic carbocycles. The van der Waals surface area contributed by atoms with Crippen LogP contribution >= 0.6 is 0 Å². The zero-order chi connectivity index (χ0) is 25.5. The van der Waals surface area contributed by atoms with Crippen molar-refractivity contribution in [3.05, 3.63) is 78.0 Å². The normalized spacial score (nSPS) is 11.7. The maximum Gasteiger partial charge on any atom is 0.261 e. The van der Waals surface area contributed by atoms with E-state index in [-0.39, 0.29) is 16.2 Å². The molecule has 3 rings (SSSR count). The Labute approximate surface area is 206 Å². The van der Waals surface area contributed by atoms with Crippen LogP contribution in [0.5, 0.6) is 11.6 Å². The molecule has 2 N–H and O–H groups in total. The van der Waals surface area contributed by atoms with Crippen LogP contribution in [0.2, 0.25) is 0 Å². The van der Waals surface area contributed by atoms with Gasteiger partial charge in [-0.25, -0.2) is 13.4 Å². The highest BCUT2D eigenvalue weighted by Crippen LogP contribution is 2.26. The summed E-state index contributed by atoms with van der Waals surface area (Å²) >= 11 is 0. The van der Waals surface area contributed by atoms with E-state index < -0.39 is 10.0 Å². The molecule has 0 unspecified atom stereocenters. The van der Waals surface area contributed by atoms with Crippen molar-refractivity contribution in [3.8, 4) is 11.6 Å². The fourth-order valence-electron chi connectivity index (χ4n) is 3.16. The smallest absolute Gasteiger partial charge is 0.261 e. The van der Waals surface area contributed by atoms with Gasteiger partial charge in [0.05, 0.1) is 10.5 Å². The molecule has 0 radical (unpaired) electrons. The number of nitrogens with zero attached hydrogens (tertiary/aromatic N) is 1. The zero-order valence-electron chi connectivity index (χ0n) is 20.4. The van der Waals surface area contributed by atoms with Crippen molar-refractivity contribution in [2.75, 3.05) is 25.0 Å². The molecular formula is C26H31N3O5S. The zero-order valence-corrected chi connectivity index (χ0v) is 21.2. The summed E-state index contributed by atoms with van der Waals surface area (Å²) in [6.07, 6.45) is 2.17. The standard InChI is InChI=1S/C26H31N3O5S/c1-26(2,3)20-7-13-23(14-8-20)35(31,32)29-21-9-11-22(12-10-21)34-24-15-6-19(18-28-24)25(30)27-16-5-17-33-4/h6-15,18,29H,5,16-17H2,1-4H3,(H,27,30). The number of carbonyl (C=O) groups excluding carboxylic acids is 1. The van der Waals surface area contributed by atoms with Gasteiger partial charge in [0.1, 0.15) is 5.75 Å². The minimum atomic E-state index is -3.72. The minimum Gasteiger partial charge on any atom is -0.439 e. The summed E-state index contributed by atoms with van der Waals surface area (Å²) in [5, 5.41) is 2.79. The van der Waals surface area contributed by atoms with Gasteiger partial charge in [0.25, 0.3) is 15.9 Å². The fourth-order valence-corrected chi connectivity index (χ4v) is 4.21. The van der Waals surface area contributed by atoms with Crippen LogP contribution in [0.3, 0.4) is 0 Å². The number of pyridine rings is 1. The Balaban J connectivity index is 1.58. The molecule has 0 aliphatic carbocycles. The lowest BCUT2D eigenvalue weighted by Gasteiger charge is -2.19. The summed E-state index contributed by atoms with van der Waals surface area (Å²) in [7, 11) is -2.10. The monoisotopic (exact) mass is 497 g/mol. The van der Waals surface area contributed by atoms with Crippen LogP contribution in [0.25, 0.3) is 0 Å². The minimum absolute atomic E-state index is 0.0583. The third kappa shape index (κ3) is 7.53. The number of amides is 1. The van der Waals surface area contributed by atoms with E-state index in [2.05, 4.69) is 35.8 Å². The molecule has 35 heavy (non-hydrogen) atoms. The Morgan fingerprint density at radius 3 is 2.23 bits per heavy atom. The van der Waals surface area contributed by atoms with E-state index in [1.54, 1.807) is 55.6 Å². The number of rotatable bonds is 10. The molecule has 1 amide bonds. The van der Waals surface area contributed by atoms with Crippen LogP contribution in [0.1, 0.15) is 43.1 Å². The van der Waals surface area contributed by atoms with Gasteiger partial charge in [0.15, 0.2) is 0 Å². The van der Waals surface area contributed by atoms with E-state index in [1.807, 2.05) is 12.1 Å². The van der Waals surface area contributed by atoms with Gasteiger partial charge in [-0.2, -0.15) is 0 Å². The summed E-state index contributed by atoms with van der Waals surface area (Å²) in [6, 6.07) is 16.6. The van der Waals surface area contributed by atoms with E-state index >= 15 is 0 Å². The lowest BCUT2D eigenvalue weighted by molar-refractivity contribution is 0.0948. The molecule has 0 saturated carbocycles. The first kappa shape index (κ1) is 26.2. The summed E-state index contributed by atoms with van der Waals surface area (Å²) in [4.78, 5) is 16.5. The average molecular weight is 498 g/mol. The summed E-state index contributed by atoms with van der Waals surface area (Å²) in [5.41, 5.74) is 1.83. The molecule has 8 nitrogen and oxygen atoms in total. The van der Waals surface area contributed by atoms with Gasteiger partial charge in [-0.1, -0.05) is 32.9 Å². The largest absolute Gasteiger partial charge is 0.439 e. The maximum atomic E-state index is 12.7. The highest BCUT2D eigenvalue weighted by molar-refractivity contribution is 7.92. The van der Waals surface area contributed by atoms with Crippen molar-refractivity contribution in [2.45, 2.75) is 37.5 Å². The second kappa shape index (κ2) is 11.3. The number of hydrogen-bond donors (Lipinski definition) is 2. The van der Waals surface area contributed by atoms with Crippen LogP contribution in [-0.2, 0) is 20.2 Å². The highest BCUT2D eigenvalue weighted by atomic mass is 32.2. The third-order valence-corrected chi connectivity index (χ3v) is 6.57. The number of ether oxygens (including phenoxy) is 2. The third-order valence-electron chi connectivity index (χ3n) is 5.17. The number of hydrogen-bond acceptors (Lipinski definition) is 6. The molecule has 9 heteroatoms. The van der Waals surface area contributed by atoms with E-state index in [0.29, 0.717) is 36.0 Å². The van der Waals surface area contributed by atoms with Gasteiger partial charge in [-0.05, 0) is 59.9 Å². The van der Waals surface area contributed by atoms with Crippen molar-refractivity contribution in [1.82, 2.24) is 10.3 Å². The molecule has 0 fully saturated rings. The van der Waals surface area contributed by atoms with Crippen molar-refractivity contribution in [3.63, 3.8) is 0 Å². The first-order chi connectivity index (χ1) is 16.6. The Hall–Kier alpha value is -3.43. The van der Waals surface area contributed by atoms with Gasteiger partial charge in [0.2, 0.25) is 5.88 Å². The number of sulfonamides is 1. The Kier molecular flexibility index (Phi) is 8.48. The van der Waals surface area contributed by atoms with E-state index in [0.717, 1.165) is 12.0 Å². The van der Waals surface area contributed by atoms with Crippen molar-refractivity contribution >= 4 is 21.6 Å². The number of aromatic nitrogens is 1. The van der Waals surface area contributed by atoms with E-state index in [1.165, 1.54) is 6.20 Å². The molecular weight excluding hydrogens is 466 g/mol. The number of methoxy groups -OCH3 is 1. The molecule has 0 aliphatic heterocycles. The van der Waals surface area contributed by atoms with E-state index in [9.17, 15) is 13.2 Å². The average Bonchev–Trinajstić information content (AvgIpc) is 2.83. The summed E-state index contributed by atoms with van der Waals surface area (Å²) in [5.74, 6) is 0.574. The number of benzene rings is 2. The Morgan fingerprint density at radius 2 is 1.66 bits per heavy atom. The number of nitrogens with one attached hydrogen (secondary N) is 2. The quantitative estimate of drug-likeness (QED) is 0.392. The molecule has 1 heterocycles. The molecule has 0 aliphatic rings. The molecule has 0 atom stereocenters. The molecule has 0 spiro atoms. The van der Waals surface area contributed by atoms with Crippen LogP contribution < -0.4 is 14.8 Å². The predicted molar refractivity (Wildman–Crippen MR) is 136 cm³/mol. The maximum absolute atomic E-state index is 12.7. The second-order valence-corrected chi connectivity index (χ2v) is 10.7. The van der Waals surface area contributed by atoms with Crippen molar-refractivity contribution < 1.29 is 22.7 Å². The summed E-state index contributed by atoms with van der Waals surface area (Å²) in [6.45, 7) is 7.32. The lowest BCUT2D eigenvalue weighted by Crippen LogP contribution is -2.25. The van der Waals surface area contributed by atoms with Crippen LogP contribution in [-0.4, -0.2) is 39.6 Å². The Bertz CT molecular complexity index is 1220. The molecule has 186 valence electrons. The number of carbonyl (C=O) groups is 1. The predicted octanol–water partition coefficient (Wildman–Crippen LogP) is 4.74. The first-order valence-corrected chi connectivity index (χ1v) is 12.7. The topological polar surface area (TPSA) is 107 Å². The molecule has 0 bridgehead atoms. The highest BCUT2D eigenvalue weighted by Gasteiger charge is 2.18. The Morgan fingerprint density at radius 1 is 0.971 bits per heavy atom. The van der Waals surface area contributed by atoms with Crippen molar-refractivity contribution in [1.29, 1.82) is 0 Å². The van der Waals surface area contributed by atoms with E-state index in [4.69, 9.17) is 9.47 Å². The van der Waals surface area contributed by atoms with Crippen LogP contribution in [0, 0.1) is 0 Å². The number of anilines is 1. The van der Waals surface area contributed by atoms with Gasteiger partial charge in [-0.3, -0.25) is 9.52 Å². The summed E-state index contributed by atoms with van der Waals surface area (Å²) < 4.78 is 38.7. The van der Waals surface area contributed by atoms with Gasteiger partial charge < -0.3 is 14.8 Å². The second-order valence-electron chi connectivity index (χ2n) is 8.99. The van der Waals surface area contributed by atoms with Gasteiger partial charge >= 0.3 is 0 Å². The molecule has 3 aromatic rings. The SMILES string of the molecule is COCCCNC(=O)c1ccc(Oc2ccc(NS(=O)(=O)c3ccc(C(C)(C)C)cc3)cc2)nc1.